The van der Waals surface area contributed by atoms with Crippen molar-refractivity contribution in [2.45, 2.75) is 82.0 Å². The zero-order valence-corrected chi connectivity index (χ0v) is 23.0. The van der Waals surface area contributed by atoms with Gasteiger partial charge in [-0.15, -0.1) is 0 Å². The Hall–Kier alpha value is -3.52. The monoisotopic (exact) mass is 551 g/mol. The first kappa shape index (κ1) is 28.0. The molecule has 4 heterocycles. The van der Waals surface area contributed by atoms with Gasteiger partial charge in [0.15, 0.2) is 11.6 Å². The van der Waals surface area contributed by atoms with Gasteiger partial charge in [0.05, 0.1) is 17.8 Å². The van der Waals surface area contributed by atoms with Crippen LogP contribution >= 0.6 is 0 Å². The molecule has 3 fully saturated rings. The van der Waals surface area contributed by atoms with Crippen molar-refractivity contribution >= 4 is 25.3 Å². The molecule has 1 saturated carbocycles. The second-order valence-corrected chi connectivity index (χ2v) is 11.5. The Labute approximate surface area is 233 Å². The van der Waals surface area contributed by atoms with Crippen molar-refractivity contribution in [2.24, 2.45) is 7.05 Å². The van der Waals surface area contributed by atoms with Gasteiger partial charge in [-0.05, 0) is 74.7 Å². The number of fused-ring (bicyclic) bond motifs is 1. The Balaban J connectivity index is 0.000000244. The molecular formula is C26H35BFN9O3. The number of aliphatic hydroxyl groups is 1. The topological polar surface area (TPSA) is 149 Å². The molecule has 14 heteroatoms. The number of aliphatic hydroxyl groups excluding tert-OH is 1. The van der Waals surface area contributed by atoms with Crippen LogP contribution in [0.25, 0.3) is 5.69 Å². The predicted molar refractivity (Wildman–Crippen MR) is 148 cm³/mol. The summed E-state index contributed by atoms with van der Waals surface area (Å²) in [4.78, 5) is 22.7. The summed E-state index contributed by atoms with van der Waals surface area (Å²) in [5.41, 5.74) is 5.13. The number of ether oxygens (including phenoxy) is 1. The number of nitrogen functional groups attached to an aromatic ring is 1. The van der Waals surface area contributed by atoms with E-state index in [0.717, 1.165) is 21.6 Å². The maximum absolute atomic E-state index is 13.3. The lowest BCUT2D eigenvalue weighted by atomic mass is 9.64. The summed E-state index contributed by atoms with van der Waals surface area (Å²) >= 11 is 0. The molecule has 4 N–H and O–H groups in total. The summed E-state index contributed by atoms with van der Waals surface area (Å²) in [7, 11) is 7.57. The van der Waals surface area contributed by atoms with Gasteiger partial charge >= 0.3 is 5.69 Å². The number of hydrogen-bond acceptors (Lipinski definition) is 10. The number of nitrogens with one attached hydrogen (secondary N) is 1. The number of hydrogen-bond donors (Lipinski definition) is 3. The first-order valence-corrected chi connectivity index (χ1v) is 13.6. The van der Waals surface area contributed by atoms with Crippen molar-refractivity contribution in [1.29, 1.82) is 0 Å². The van der Waals surface area contributed by atoms with E-state index >= 15 is 0 Å². The highest BCUT2D eigenvalue weighted by Gasteiger charge is 2.41. The molecule has 6 rings (SSSR count). The average molecular weight is 551 g/mol. The number of piperidine rings is 1. The molecule has 40 heavy (non-hydrogen) atoms. The number of nitrogens with zero attached hydrogens (tertiary/aromatic N) is 7. The van der Waals surface area contributed by atoms with Crippen LogP contribution in [0.4, 0.5) is 21.8 Å². The number of nitrogens with two attached hydrogens (primary N) is 1. The van der Waals surface area contributed by atoms with E-state index < -0.39 is 23.1 Å². The number of tetrazole rings is 1. The summed E-state index contributed by atoms with van der Waals surface area (Å²) in [6, 6.07) is 5.69. The second kappa shape index (κ2) is 10.8. The highest BCUT2D eigenvalue weighted by atomic mass is 19.1. The van der Waals surface area contributed by atoms with E-state index in [-0.39, 0.29) is 36.0 Å². The zero-order valence-electron chi connectivity index (χ0n) is 23.0. The summed E-state index contributed by atoms with van der Waals surface area (Å²) in [6.07, 6.45) is 8.14. The fourth-order valence-corrected chi connectivity index (χ4v) is 5.68. The molecule has 1 aliphatic carbocycles. The van der Waals surface area contributed by atoms with Gasteiger partial charge in [-0.2, -0.15) is 14.3 Å². The quantitative estimate of drug-likeness (QED) is 0.402. The van der Waals surface area contributed by atoms with E-state index in [1.54, 1.807) is 18.2 Å². The summed E-state index contributed by atoms with van der Waals surface area (Å²) in [5.74, 6) is -0.706. The average Bonchev–Trinajstić information content (AvgIpc) is 3.40. The molecule has 1 atom stereocenters. The molecule has 212 valence electrons. The van der Waals surface area contributed by atoms with Crippen LogP contribution in [0.2, 0.25) is 0 Å². The number of aromatic nitrogens is 6. The number of rotatable bonds is 5. The molecule has 3 aromatic rings. The molecular weight excluding hydrogens is 516 g/mol. The molecule has 1 aromatic carbocycles. The third-order valence-electron chi connectivity index (χ3n) is 7.91. The molecule has 2 radical (unpaired) electrons. The minimum absolute atomic E-state index is 0.0624. The largest absolute Gasteiger partial charge is 0.495 e. The predicted octanol–water partition coefficient (Wildman–Crippen LogP) is 2.03. The van der Waals surface area contributed by atoms with Crippen LogP contribution in [-0.2, 0) is 7.05 Å². The van der Waals surface area contributed by atoms with E-state index in [4.69, 9.17) is 18.3 Å². The minimum atomic E-state index is -1.05. The zero-order chi connectivity index (χ0) is 28.7. The van der Waals surface area contributed by atoms with Gasteiger partial charge in [0, 0.05) is 37.2 Å². The highest BCUT2D eigenvalue weighted by Crippen LogP contribution is 2.38. The van der Waals surface area contributed by atoms with Crippen LogP contribution in [0.1, 0.15) is 58.8 Å². The number of halogens is 1. The highest BCUT2D eigenvalue weighted by molar-refractivity contribution is 6.15. The van der Waals surface area contributed by atoms with Crippen molar-refractivity contribution in [1.82, 2.24) is 34.7 Å². The molecule has 3 aliphatic rings. The Kier molecular flexibility index (Phi) is 7.57. The van der Waals surface area contributed by atoms with E-state index in [2.05, 4.69) is 44.5 Å². The molecule has 2 aliphatic heterocycles. The second-order valence-electron chi connectivity index (χ2n) is 11.5. The van der Waals surface area contributed by atoms with E-state index in [9.17, 15) is 14.3 Å². The van der Waals surface area contributed by atoms with Gasteiger partial charge in [0.25, 0.3) is 0 Å². The molecule has 2 aromatic heterocycles. The van der Waals surface area contributed by atoms with Crippen molar-refractivity contribution in [3.8, 4) is 11.4 Å². The van der Waals surface area contributed by atoms with E-state index in [1.807, 2.05) is 0 Å². The van der Waals surface area contributed by atoms with Crippen LogP contribution in [-0.4, -0.2) is 77.3 Å². The minimum Gasteiger partial charge on any atom is -0.495 e. The summed E-state index contributed by atoms with van der Waals surface area (Å²) in [5, 5.41) is 19.9. The SMILES string of the molecule is CC1(C)CCC2CCCCN21.[B]C1(Oc2ccc(Nc3ncc(F)c(N)n3)cc2-n2nnn(C)c2=O)CC(O)C1. The molecule has 0 amide bonds. The van der Waals surface area contributed by atoms with Crippen molar-refractivity contribution in [3.63, 3.8) is 0 Å². The van der Waals surface area contributed by atoms with Crippen LogP contribution < -0.4 is 21.5 Å². The van der Waals surface area contributed by atoms with Crippen molar-refractivity contribution < 1.29 is 14.2 Å². The van der Waals surface area contributed by atoms with Crippen LogP contribution in [0, 0.1) is 5.82 Å². The number of benzene rings is 1. The van der Waals surface area contributed by atoms with Gasteiger partial charge in [0.1, 0.15) is 19.3 Å². The first-order valence-electron chi connectivity index (χ1n) is 13.6. The fourth-order valence-electron chi connectivity index (χ4n) is 5.68. The lowest BCUT2D eigenvalue weighted by Gasteiger charge is -2.43. The molecule has 0 bridgehead atoms. The fraction of sp³-hybridized carbons (Fsp3) is 0.577. The third-order valence-corrected chi connectivity index (χ3v) is 7.91. The molecule has 1 unspecified atom stereocenters. The van der Waals surface area contributed by atoms with Crippen LogP contribution in [0.15, 0.2) is 29.2 Å². The van der Waals surface area contributed by atoms with Crippen molar-refractivity contribution in [2.75, 3.05) is 17.6 Å². The van der Waals surface area contributed by atoms with Crippen LogP contribution in [0.5, 0.6) is 5.75 Å². The van der Waals surface area contributed by atoms with E-state index in [0.29, 0.717) is 11.2 Å². The van der Waals surface area contributed by atoms with Gasteiger partial charge in [-0.25, -0.2) is 14.2 Å². The number of anilines is 3. The Bertz CT molecular complexity index is 1420. The first-order chi connectivity index (χ1) is 18.9. The van der Waals surface area contributed by atoms with Gasteiger partial charge < -0.3 is 20.9 Å². The van der Waals surface area contributed by atoms with Crippen LogP contribution in [0.3, 0.4) is 0 Å². The lowest BCUT2D eigenvalue weighted by Crippen LogP contribution is -2.52. The molecule has 2 saturated heterocycles. The normalized spacial score (nSPS) is 25.3. The third kappa shape index (κ3) is 5.82. The Morgan fingerprint density at radius 2 is 2.00 bits per heavy atom. The molecule has 12 nitrogen and oxygen atoms in total. The summed E-state index contributed by atoms with van der Waals surface area (Å²) < 4.78 is 21.2. The Morgan fingerprint density at radius 3 is 2.65 bits per heavy atom. The maximum Gasteiger partial charge on any atom is 0.368 e. The summed E-state index contributed by atoms with van der Waals surface area (Å²) in [6.45, 7) is 6.16. The van der Waals surface area contributed by atoms with Gasteiger partial charge in [-0.1, -0.05) is 6.42 Å². The lowest BCUT2D eigenvalue weighted by molar-refractivity contribution is -0.0397. The molecule has 0 spiro atoms. The smallest absolute Gasteiger partial charge is 0.368 e. The van der Waals surface area contributed by atoms with Crippen molar-refractivity contribution in [3.05, 3.63) is 40.7 Å². The van der Waals surface area contributed by atoms with Gasteiger partial charge in [-0.3, -0.25) is 4.90 Å². The van der Waals surface area contributed by atoms with Gasteiger partial charge in [0.2, 0.25) is 5.95 Å². The number of aryl methyl sites for hydroxylation is 1. The standard InChI is InChI=1S/C16H16BFN8O3.C10H19N/c1-25-15(28)26(24-23-25)11-4-8(21-14-20-7-10(18)13(19)22-14)2-3-12(11)29-16(17)5-9(27)6-16;1-10(2)7-6-9-5-3-4-8-11(9)10/h2-4,7,9,27H,5-6H2,1H3,(H3,19,20,21,22);9H,3-8H2,1-2H3. The Morgan fingerprint density at radius 1 is 1.23 bits per heavy atom. The maximum atomic E-state index is 13.3. The van der Waals surface area contributed by atoms with E-state index in [1.165, 1.54) is 45.7 Å².